The minimum atomic E-state index is -0.123. The van der Waals surface area contributed by atoms with Gasteiger partial charge in [-0.25, -0.2) is 0 Å². The lowest BCUT2D eigenvalue weighted by Gasteiger charge is -2.15. The van der Waals surface area contributed by atoms with E-state index in [1.165, 1.54) is 0 Å². The number of nitrogens with two attached hydrogens (primary N) is 1. The zero-order chi connectivity index (χ0) is 14.4. The van der Waals surface area contributed by atoms with Crippen LogP contribution in [0.3, 0.4) is 0 Å². The fourth-order valence-corrected chi connectivity index (χ4v) is 2.16. The van der Waals surface area contributed by atoms with Gasteiger partial charge in [-0.3, -0.25) is 0 Å². The van der Waals surface area contributed by atoms with E-state index in [-0.39, 0.29) is 6.04 Å². The van der Waals surface area contributed by atoms with Gasteiger partial charge in [0.15, 0.2) is 0 Å². The molecule has 2 rings (SSSR count). The molecule has 1 unspecified atom stereocenters. The predicted octanol–water partition coefficient (Wildman–Crippen LogP) is 3.30. The first kappa shape index (κ1) is 14.7. The molecule has 0 fully saturated rings. The minimum absolute atomic E-state index is 0.123. The zero-order valence-corrected chi connectivity index (χ0v) is 12.1. The average Bonchev–Trinajstić information content (AvgIpc) is 2.46. The van der Waals surface area contributed by atoms with Crippen LogP contribution in [0.5, 0.6) is 11.5 Å². The van der Waals surface area contributed by atoms with Gasteiger partial charge in [-0.2, -0.15) is 0 Å². The standard InChI is InChI=1S/C16H18ClNO2/c1-19-16-8-7-13(17)9-12(16)10-14(18)11-20-15-5-3-2-4-6-15/h2-9,14H,10-11,18H2,1H3. The van der Waals surface area contributed by atoms with Crippen LogP contribution in [0, 0.1) is 0 Å². The summed E-state index contributed by atoms with van der Waals surface area (Å²) in [6.07, 6.45) is 0.649. The summed E-state index contributed by atoms with van der Waals surface area (Å²) in [6, 6.07) is 15.0. The molecule has 0 aliphatic rings. The zero-order valence-electron chi connectivity index (χ0n) is 11.4. The van der Waals surface area contributed by atoms with Crippen molar-refractivity contribution in [2.24, 2.45) is 5.73 Å². The lowest BCUT2D eigenvalue weighted by Crippen LogP contribution is -2.30. The van der Waals surface area contributed by atoms with Crippen LogP contribution in [0.15, 0.2) is 48.5 Å². The number of ether oxygens (including phenoxy) is 2. The maximum atomic E-state index is 6.10. The Morgan fingerprint density at radius 1 is 1.15 bits per heavy atom. The average molecular weight is 292 g/mol. The van der Waals surface area contributed by atoms with Crippen molar-refractivity contribution in [2.75, 3.05) is 13.7 Å². The molecule has 0 saturated carbocycles. The summed E-state index contributed by atoms with van der Waals surface area (Å²) in [5.41, 5.74) is 7.09. The molecule has 0 aromatic heterocycles. The highest BCUT2D eigenvalue weighted by Crippen LogP contribution is 2.23. The summed E-state index contributed by atoms with van der Waals surface area (Å²) in [7, 11) is 1.64. The topological polar surface area (TPSA) is 44.5 Å². The van der Waals surface area contributed by atoms with Gasteiger partial charge in [-0.05, 0) is 42.3 Å². The van der Waals surface area contributed by atoms with E-state index in [0.29, 0.717) is 18.1 Å². The van der Waals surface area contributed by atoms with E-state index < -0.39 is 0 Å². The van der Waals surface area contributed by atoms with Crippen LogP contribution < -0.4 is 15.2 Å². The monoisotopic (exact) mass is 291 g/mol. The van der Waals surface area contributed by atoms with Gasteiger partial charge >= 0.3 is 0 Å². The number of hydrogen-bond donors (Lipinski definition) is 1. The number of halogens is 1. The number of benzene rings is 2. The predicted molar refractivity (Wildman–Crippen MR) is 81.6 cm³/mol. The van der Waals surface area contributed by atoms with Crippen LogP contribution in [0.1, 0.15) is 5.56 Å². The Balaban J connectivity index is 1.94. The molecule has 0 heterocycles. The van der Waals surface area contributed by atoms with E-state index >= 15 is 0 Å². The molecule has 0 bridgehead atoms. The van der Waals surface area contributed by atoms with E-state index in [1.807, 2.05) is 42.5 Å². The van der Waals surface area contributed by atoms with Gasteiger partial charge in [0.25, 0.3) is 0 Å². The van der Waals surface area contributed by atoms with E-state index in [2.05, 4.69) is 0 Å². The molecule has 2 aromatic carbocycles. The summed E-state index contributed by atoms with van der Waals surface area (Å²) in [6.45, 7) is 0.444. The van der Waals surface area contributed by atoms with Crippen molar-refractivity contribution in [3.8, 4) is 11.5 Å². The highest BCUT2D eigenvalue weighted by molar-refractivity contribution is 6.30. The second-order valence-corrected chi connectivity index (χ2v) is 4.98. The second-order valence-electron chi connectivity index (χ2n) is 4.54. The maximum Gasteiger partial charge on any atom is 0.122 e. The third-order valence-corrected chi connectivity index (χ3v) is 3.17. The molecule has 0 amide bonds. The summed E-state index contributed by atoms with van der Waals surface area (Å²) in [4.78, 5) is 0. The summed E-state index contributed by atoms with van der Waals surface area (Å²) < 4.78 is 11.0. The van der Waals surface area contributed by atoms with Crippen LogP contribution >= 0.6 is 11.6 Å². The Kier molecular flexibility index (Phi) is 5.27. The van der Waals surface area contributed by atoms with E-state index in [4.69, 9.17) is 26.8 Å². The van der Waals surface area contributed by atoms with Crippen molar-refractivity contribution in [1.29, 1.82) is 0 Å². The number of rotatable bonds is 6. The van der Waals surface area contributed by atoms with Crippen molar-refractivity contribution in [1.82, 2.24) is 0 Å². The molecule has 20 heavy (non-hydrogen) atoms. The minimum Gasteiger partial charge on any atom is -0.496 e. The Bertz CT molecular complexity index is 545. The van der Waals surface area contributed by atoms with Gasteiger partial charge in [-0.15, -0.1) is 0 Å². The summed E-state index contributed by atoms with van der Waals surface area (Å²) in [5.74, 6) is 1.62. The van der Waals surface area contributed by atoms with Crippen LogP contribution in [0.4, 0.5) is 0 Å². The highest BCUT2D eigenvalue weighted by Gasteiger charge is 2.10. The van der Waals surface area contributed by atoms with Gasteiger partial charge in [-0.1, -0.05) is 29.8 Å². The first-order chi connectivity index (χ1) is 9.69. The summed E-state index contributed by atoms with van der Waals surface area (Å²) >= 11 is 6.00. The molecule has 0 aliphatic carbocycles. The van der Waals surface area contributed by atoms with Crippen LogP contribution in [-0.4, -0.2) is 19.8 Å². The molecule has 1 atom stereocenters. The van der Waals surface area contributed by atoms with Gasteiger partial charge in [0.05, 0.1) is 7.11 Å². The van der Waals surface area contributed by atoms with E-state index in [0.717, 1.165) is 17.1 Å². The Hall–Kier alpha value is -1.71. The molecule has 2 aromatic rings. The molecule has 0 saturated heterocycles. The number of para-hydroxylation sites is 1. The Morgan fingerprint density at radius 2 is 1.90 bits per heavy atom. The van der Waals surface area contributed by atoms with Crippen LogP contribution in [-0.2, 0) is 6.42 Å². The smallest absolute Gasteiger partial charge is 0.122 e. The Morgan fingerprint density at radius 3 is 2.60 bits per heavy atom. The fourth-order valence-electron chi connectivity index (χ4n) is 1.97. The molecule has 3 nitrogen and oxygen atoms in total. The highest BCUT2D eigenvalue weighted by atomic mass is 35.5. The van der Waals surface area contributed by atoms with Gasteiger partial charge < -0.3 is 15.2 Å². The molecular weight excluding hydrogens is 274 g/mol. The van der Waals surface area contributed by atoms with Crippen molar-refractivity contribution < 1.29 is 9.47 Å². The van der Waals surface area contributed by atoms with Crippen LogP contribution in [0.2, 0.25) is 5.02 Å². The maximum absolute atomic E-state index is 6.10. The van der Waals surface area contributed by atoms with Gasteiger partial charge in [0, 0.05) is 11.1 Å². The SMILES string of the molecule is COc1ccc(Cl)cc1CC(N)COc1ccccc1. The molecule has 0 aliphatic heterocycles. The molecule has 4 heteroatoms. The second kappa shape index (κ2) is 7.17. The van der Waals surface area contributed by atoms with Crippen molar-refractivity contribution in [3.05, 3.63) is 59.1 Å². The lowest BCUT2D eigenvalue weighted by molar-refractivity contribution is 0.286. The fraction of sp³-hybridized carbons (Fsp3) is 0.250. The quantitative estimate of drug-likeness (QED) is 0.888. The number of hydrogen-bond acceptors (Lipinski definition) is 3. The van der Waals surface area contributed by atoms with Gasteiger partial charge in [0.1, 0.15) is 18.1 Å². The van der Waals surface area contributed by atoms with Crippen molar-refractivity contribution in [2.45, 2.75) is 12.5 Å². The molecule has 2 N–H and O–H groups in total. The first-order valence-corrected chi connectivity index (χ1v) is 6.82. The number of methoxy groups -OCH3 is 1. The Labute approximate surface area is 124 Å². The van der Waals surface area contributed by atoms with Crippen LogP contribution in [0.25, 0.3) is 0 Å². The molecular formula is C16H18ClNO2. The van der Waals surface area contributed by atoms with Crippen molar-refractivity contribution in [3.63, 3.8) is 0 Å². The van der Waals surface area contributed by atoms with Gasteiger partial charge in [0.2, 0.25) is 0 Å². The normalized spacial score (nSPS) is 11.9. The molecule has 106 valence electrons. The lowest BCUT2D eigenvalue weighted by atomic mass is 10.1. The summed E-state index contributed by atoms with van der Waals surface area (Å²) in [5, 5.41) is 0.678. The first-order valence-electron chi connectivity index (χ1n) is 6.45. The third kappa shape index (κ3) is 4.15. The largest absolute Gasteiger partial charge is 0.496 e. The third-order valence-electron chi connectivity index (χ3n) is 2.93. The van der Waals surface area contributed by atoms with Crippen molar-refractivity contribution >= 4 is 11.6 Å². The van der Waals surface area contributed by atoms with E-state index in [9.17, 15) is 0 Å². The molecule has 0 spiro atoms. The molecule has 0 radical (unpaired) electrons. The van der Waals surface area contributed by atoms with E-state index in [1.54, 1.807) is 13.2 Å².